The Kier molecular flexibility index (Phi) is 4.69. The first-order chi connectivity index (χ1) is 11.9. The molecule has 2 aromatic heterocycles. The summed E-state index contributed by atoms with van der Waals surface area (Å²) in [6, 6.07) is 3.64. The summed E-state index contributed by atoms with van der Waals surface area (Å²) in [7, 11) is -3.15. The van der Waals surface area contributed by atoms with Gasteiger partial charge in [-0.25, -0.2) is 17.7 Å². The van der Waals surface area contributed by atoms with E-state index in [0.717, 1.165) is 0 Å². The molecule has 2 N–H and O–H groups in total. The highest BCUT2D eigenvalue weighted by Gasteiger charge is 2.25. The molecule has 0 bridgehead atoms. The minimum absolute atomic E-state index is 0.0319. The van der Waals surface area contributed by atoms with Crippen molar-refractivity contribution in [2.45, 2.75) is 25.3 Å². The van der Waals surface area contributed by atoms with E-state index in [1.807, 2.05) is 6.07 Å². The molecule has 3 heterocycles. The standard InChI is InChI=1S/C15H18N6O3S/c1-25(23,24)21-6-3-12(4-7-21)18-15-17-9-11-8-10(2-5-16)14(22)19-13(11)20-15/h8-9,12H,2-4,6-7H2,1H3,(H2,17,18,19,20,22). The van der Waals surface area contributed by atoms with Gasteiger partial charge in [0.15, 0.2) is 0 Å². The van der Waals surface area contributed by atoms with Crippen LogP contribution in [-0.2, 0) is 16.4 Å². The molecule has 25 heavy (non-hydrogen) atoms. The Morgan fingerprint density at radius 3 is 2.80 bits per heavy atom. The third-order valence-corrected chi connectivity index (χ3v) is 5.50. The molecule has 0 amide bonds. The Morgan fingerprint density at radius 1 is 1.44 bits per heavy atom. The van der Waals surface area contributed by atoms with Gasteiger partial charge in [-0.15, -0.1) is 0 Å². The highest BCUT2D eigenvalue weighted by Crippen LogP contribution is 2.17. The minimum Gasteiger partial charge on any atom is -0.351 e. The number of fused-ring (bicyclic) bond motifs is 1. The van der Waals surface area contributed by atoms with Crippen molar-refractivity contribution in [1.82, 2.24) is 19.3 Å². The molecule has 9 nitrogen and oxygen atoms in total. The van der Waals surface area contributed by atoms with Crippen LogP contribution in [0.4, 0.5) is 5.95 Å². The number of nitrogens with zero attached hydrogens (tertiary/aromatic N) is 4. The zero-order valence-corrected chi connectivity index (χ0v) is 14.5. The number of nitriles is 1. The van der Waals surface area contributed by atoms with Gasteiger partial charge in [0.2, 0.25) is 16.0 Å². The molecule has 1 fully saturated rings. The average Bonchev–Trinajstić information content (AvgIpc) is 2.55. The lowest BCUT2D eigenvalue weighted by Gasteiger charge is -2.30. The number of piperidine rings is 1. The zero-order valence-electron chi connectivity index (χ0n) is 13.7. The highest BCUT2D eigenvalue weighted by molar-refractivity contribution is 7.88. The van der Waals surface area contributed by atoms with Crippen molar-refractivity contribution in [3.8, 4) is 6.07 Å². The minimum atomic E-state index is -3.15. The molecule has 3 rings (SSSR count). The van der Waals surface area contributed by atoms with Gasteiger partial charge in [0.05, 0.1) is 18.7 Å². The van der Waals surface area contributed by atoms with Gasteiger partial charge >= 0.3 is 0 Å². The topological polar surface area (TPSA) is 132 Å². The summed E-state index contributed by atoms with van der Waals surface area (Å²) in [5.74, 6) is 0.383. The quantitative estimate of drug-likeness (QED) is 0.795. The van der Waals surface area contributed by atoms with Crippen LogP contribution in [0.25, 0.3) is 11.0 Å². The molecule has 2 aromatic rings. The normalized spacial score (nSPS) is 16.6. The number of anilines is 1. The number of nitrogens with one attached hydrogen (secondary N) is 2. The fourth-order valence-electron chi connectivity index (χ4n) is 2.84. The van der Waals surface area contributed by atoms with Gasteiger partial charge in [-0.2, -0.15) is 10.2 Å². The second-order valence-corrected chi connectivity index (χ2v) is 8.02. The lowest BCUT2D eigenvalue weighted by molar-refractivity contribution is 0.331. The molecule has 0 aliphatic carbocycles. The monoisotopic (exact) mass is 362 g/mol. The molecule has 0 unspecified atom stereocenters. The van der Waals surface area contributed by atoms with E-state index in [0.29, 0.717) is 48.5 Å². The van der Waals surface area contributed by atoms with E-state index in [4.69, 9.17) is 5.26 Å². The van der Waals surface area contributed by atoms with Crippen LogP contribution < -0.4 is 10.9 Å². The highest BCUT2D eigenvalue weighted by atomic mass is 32.2. The smallest absolute Gasteiger partial charge is 0.253 e. The maximum Gasteiger partial charge on any atom is 0.253 e. The molecule has 10 heteroatoms. The van der Waals surface area contributed by atoms with Crippen LogP contribution in [0.2, 0.25) is 0 Å². The molecule has 1 saturated heterocycles. The zero-order chi connectivity index (χ0) is 18.0. The summed E-state index contributed by atoms with van der Waals surface area (Å²) in [5.41, 5.74) is 0.449. The molecule has 1 aliphatic heterocycles. The lowest BCUT2D eigenvalue weighted by atomic mass is 10.1. The predicted molar refractivity (Wildman–Crippen MR) is 92.5 cm³/mol. The maximum absolute atomic E-state index is 11.9. The number of sulfonamides is 1. The molecular formula is C15H18N6O3S. The van der Waals surface area contributed by atoms with Crippen LogP contribution in [0.15, 0.2) is 17.1 Å². The first-order valence-electron chi connectivity index (χ1n) is 7.84. The van der Waals surface area contributed by atoms with E-state index in [1.54, 1.807) is 12.3 Å². The van der Waals surface area contributed by atoms with Gasteiger partial charge in [0.25, 0.3) is 5.56 Å². The molecular weight excluding hydrogens is 344 g/mol. The van der Waals surface area contributed by atoms with Crippen LogP contribution in [0, 0.1) is 11.3 Å². The van der Waals surface area contributed by atoms with E-state index in [1.165, 1.54) is 10.6 Å². The van der Waals surface area contributed by atoms with Gasteiger partial charge in [-0.3, -0.25) is 4.79 Å². The summed E-state index contributed by atoms with van der Waals surface area (Å²) in [6.45, 7) is 0.914. The molecule has 0 radical (unpaired) electrons. The number of hydrogen-bond acceptors (Lipinski definition) is 7. The van der Waals surface area contributed by atoms with E-state index in [2.05, 4.69) is 20.3 Å². The number of H-pyrrole nitrogens is 1. The number of aromatic amines is 1. The Labute approximate surface area is 144 Å². The van der Waals surface area contributed by atoms with E-state index < -0.39 is 10.0 Å². The molecule has 0 saturated carbocycles. The molecule has 0 aromatic carbocycles. The molecule has 0 atom stereocenters. The SMILES string of the molecule is CS(=O)(=O)N1CCC(Nc2ncc3cc(CC#N)c(=O)[nH]c3n2)CC1. The molecule has 1 aliphatic rings. The third kappa shape index (κ3) is 3.94. The fraction of sp³-hybridized carbons (Fsp3) is 0.467. The van der Waals surface area contributed by atoms with Crippen LogP contribution in [0.5, 0.6) is 0 Å². The molecule has 0 spiro atoms. The summed E-state index contributed by atoms with van der Waals surface area (Å²) in [4.78, 5) is 23.1. The summed E-state index contributed by atoms with van der Waals surface area (Å²) >= 11 is 0. The Morgan fingerprint density at radius 2 is 2.16 bits per heavy atom. The fourth-order valence-corrected chi connectivity index (χ4v) is 3.71. The number of pyridine rings is 1. The van der Waals surface area contributed by atoms with Crippen LogP contribution >= 0.6 is 0 Å². The van der Waals surface area contributed by atoms with E-state index >= 15 is 0 Å². The Bertz CT molecular complexity index is 986. The second-order valence-electron chi connectivity index (χ2n) is 6.04. The number of hydrogen-bond donors (Lipinski definition) is 2. The van der Waals surface area contributed by atoms with Crippen LogP contribution in [-0.4, -0.2) is 53.1 Å². The van der Waals surface area contributed by atoms with E-state index in [-0.39, 0.29) is 18.0 Å². The van der Waals surface area contributed by atoms with Crippen molar-refractivity contribution in [3.63, 3.8) is 0 Å². The van der Waals surface area contributed by atoms with Crippen molar-refractivity contribution in [2.75, 3.05) is 24.7 Å². The Balaban J connectivity index is 1.74. The first kappa shape index (κ1) is 17.3. The number of aromatic nitrogens is 3. The Hall–Kier alpha value is -2.51. The van der Waals surface area contributed by atoms with Gasteiger partial charge in [0.1, 0.15) is 5.65 Å². The van der Waals surface area contributed by atoms with Gasteiger partial charge in [-0.1, -0.05) is 0 Å². The third-order valence-electron chi connectivity index (χ3n) is 4.20. The van der Waals surface area contributed by atoms with Crippen molar-refractivity contribution in [1.29, 1.82) is 5.26 Å². The lowest BCUT2D eigenvalue weighted by Crippen LogP contribution is -2.42. The average molecular weight is 362 g/mol. The van der Waals surface area contributed by atoms with Crippen LogP contribution in [0.3, 0.4) is 0 Å². The molecule has 132 valence electrons. The first-order valence-corrected chi connectivity index (χ1v) is 9.69. The largest absolute Gasteiger partial charge is 0.351 e. The predicted octanol–water partition coefficient (Wildman–Crippen LogP) is 0.220. The summed E-state index contributed by atoms with van der Waals surface area (Å²) in [6.07, 6.45) is 4.15. The van der Waals surface area contributed by atoms with Gasteiger partial charge in [0, 0.05) is 36.3 Å². The second kappa shape index (κ2) is 6.78. The van der Waals surface area contributed by atoms with Gasteiger partial charge < -0.3 is 10.3 Å². The summed E-state index contributed by atoms with van der Waals surface area (Å²) < 4.78 is 24.5. The van der Waals surface area contributed by atoms with Gasteiger partial charge in [-0.05, 0) is 18.9 Å². The summed E-state index contributed by atoms with van der Waals surface area (Å²) in [5, 5.41) is 12.6. The van der Waals surface area contributed by atoms with Crippen molar-refractivity contribution >= 4 is 27.0 Å². The maximum atomic E-state index is 11.9. The number of rotatable bonds is 4. The van der Waals surface area contributed by atoms with E-state index in [9.17, 15) is 13.2 Å². The van der Waals surface area contributed by atoms with Crippen LogP contribution in [0.1, 0.15) is 18.4 Å². The van der Waals surface area contributed by atoms with Crippen molar-refractivity contribution in [3.05, 3.63) is 28.2 Å². The van der Waals surface area contributed by atoms with Crippen molar-refractivity contribution in [2.24, 2.45) is 0 Å². The van der Waals surface area contributed by atoms with Crippen molar-refractivity contribution < 1.29 is 8.42 Å².